The monoisotopic (exact) mass is 314 g/mol. The van der Waals surface area contributed by atoms with E-state index in [2.05, 4.69) is 0 Å². The molecule has 4 N–H and O–H groups in total. The quantitative estimate of drug-likeness (QED) is 0.311. The number of rotatable bonds is 8. The number of aliphatic hydroxyl groups is 4. The van der Waals surface area contributed by atoms with Crippen molar-refractivity contribution in [3.05, 3.63) is 0 Å². The number of unbranched alkanes of at least 4 members (excludes halogenated alkanes) is 2. The lowest BCUT2D eigenvalue weighted by Crippen LogP contribution is -2.69. The van der Waals surface area contributed by atoms with Crippen LogP contribution in [0.25, 0.3) is 0 Å². The molecule has 2 atom stereocenters. The van der Waals surface area contributed by atoms with Crippen molar-refractivity contribution < 1.29 is 46.8 Å². The second-order valence-electron chi connectivity index (χ2n) is 4.42. The first-order valence-electron chi connectivity index (χ1n) is 5.71. The minimum atomic E-state index is -6.27. The molecule has 2 unspecified atom stereocenters. The first kappa shape index (κ1) is 19.4. The Morgan fingerprint density at radius 1 is 0.900 bits per heavy atom. The van der Waals surface area contributed by atoms with Gasteiger partial charge in [-0.25, -0.2) is 4.39 Å². The molecule has 0 saturated heterocycles. The number of hydrogen-bond acceptors (Lipinski definition) is 4. The summed E-state index contributed by atoms with van der Waals surface area (Å²) in [5, 5.41) is 33.0. The van der Waals surface area contributed by atoms with Crippen molar-refractivity contribution in [3.8, 4) is 0 Å². The highest BCUT2D eigenvalue weighted by atomic mass is 19.3. The molecular weight excluding hydrogens is 298 g/mol. The van der Waals surface area contributed by atoms with Crippen molar-refractivity contribution in [2.24, 2.45) is 0 Å². The van der Waals surface area contributed by atoms with Gasteiger partial charge in [0.2, 0.25) is 0 Å². The van der Waals surface area contributed by atoms with Gasteiger partial charge in [-0.1, -0.05) is 26.2 Å². The average molecular weight is 314 g/mol. The average Bonchev–Trinajstić information content (AvgIpc) is 2.27. The zero-order chi connectivity index (χ0) is 16.4. The number of hydrogen-bond donors (Lipinski definition) is 4. The van der Waals surface area contributed by atoms with E-state index < -0.39 is 36.3 Å². The molecule has 0 aliphatic rings. The lowest BCUT2D eigenvalue weighted by Gasteiger charge is -2.38. The van der Waals surface area contributed by atoms with Gasteiger partial charge in [0.1, 0.15) is 0 Å². The summed E-state index contributed by atoms with van der Waals surface area (Å²) in [4.78, 5) is 0. The van der Waals surface area contributed by atoms with E-state index in [1.165, 1.54) is 0 Å². The Labute approximate surface area is 110 Å². The van der Waals surface area contributed by atoms with E-state index in [0.29, 0.717) is 6.42 Å². The van der Waals surface area contributed by atoms with Gasteiger partial charge in [0.15, 0.2) is 6.17 Å². The maximum atomic E-state index is 13.2. The third-order valence-corrected chi connectivity index (χ3v) is 2.73. The van der Waals surface area contributed by atoms with Crippen LogP contribution in [0.5, 0.6) is 0 Å². The van der Waals surface area contributed by atoms with Crippen LogP contribution < -0.4 is 0 Å². The van der Waals surface area contributed by atoms with Gasteiger partial charge in [-0.15, -0.1) is 0 Å². The Balaban J connectivity index is 5.25. The van der Waals surface area contributed by atoms with Gasteiger partial charge in [-0.3, -0.25) is 0 Å². The van der Waals surface area contributed by atoms with E-state index in [1.54, 1.807) is 6.92 Å². The van der Waals surface area contributed by atoms with Crippen molar-refractivity contribution in [3.63, 3.8) is 0 Å². The summed E-state index contributed by atoms with van der Waals surface area (Å²) < 4.78 is 78.9. The highest BCUT2D eigenvalue weighted by Crippen LogP contribution is 2.49. The second kappa shape index (κ2) is 6.04. The van der Waals surface area contributed by atoms with Crippen molar-refractivity contribution >= 4 is 0 Å². The molecule has 4 nitrogen and oxygen atoms in total. The molecule has 0 aromatic heterocycles. The fraction of sp³-hybridized carbons (Fsp3) is 1.00. The fourth-order valence-electron chi connectivity index (χ4n) is 1.38. The van der Waals surface area contributed by atoms with Crippen molar-refractivity contribution in [2.45, 2.75) is 62.5 Å². The molecule has 0 rings (SSSR count). The number of halogens is 6. The van der Waals surface area contributed by atoms with Crippen LogP contribution in [-0.4, -0.2) is 50.3 Å². The van der Waals surface area contributed by atoms with Gasteiger partial charge in [-0.05, 0) is 6.42 Å². The van der Waals surface area contributed by atoms with Crippen molar-refractivity contribution in [1.29, 1.82) is 0 Å². The maximum Gasteiger partial charge on any atom is 0.378 e. The summed E-state index contributed by atoms with van der Waals surface area (Å²) in [6, 6.07) is 0. The van der Waals surface area contributed by atoms with Gasteiger partial charge < -0.3 is 20.4 Å². The summed E-state index contributed by atoms with van der Waals surface area (Å²) in [6.45, 7) is 1.64. The highest BCUT2D eigenvalue weighted by molar-refractivity contribution is 5.02. The minimum absolute atomic E-state index is 0.198. The first-order valence-corrected chi connectivity index (χ1v) is 5.71. The Hall–Kier alpha value is -0.580. The molecule has 0 amide bonds. The number of alkyl halides is 6. The summed E-state index contributed by atoms with van der Waals surface area (Å²) >= 11 is 0. The van der Waals surface area contributed by atoms with Crippen LogP contribution in [0.3, 0.4) is 0 Å². The van der Waals surface area contributed by atoms with Crippen LogP contribution in [0.2, 0.25) is 0 Å². The van der Waals surface area contributed by atoms with E-state index in [-0.39, 0.29) is 12.8 Å². The third kappa shape index (κ3) is 3.35. The largest absolute Gasteiger partial charge is 0.378 e. The first-order chi connectivity index (χ1) is 8.73. The summed E-state index contributed by atoms with van der Waals surface area (Å²) in [5.74, 6) is -23.1. The minimum Gasteiger partial charge on any atom is -0.351 e. The highest BCUT2D eigenvalue weighted by Gasteiger charge is 2.79. The molecule has 0 aromatic rings. The molecule has 0 aliphatic heterocycles. The SMILES string of the molecule is CCCCCC(F)C(F)(F)C(F)(F)C(O)(F)C(O)(O)O. The van der Waals surface area contributed by atoms with E-state index in [4.69, 9.17) is 20.4 Å². The van der Waals surface area contributed by atoms with Crippen LogP contribution in [0.15, 0.2) is 0 Å². The van der Waals surface area contributed by atoms with Gasteiger partial charge in [0.25, 0.3) is 0 Å². The molecule has 0 heterocycles. The molecule has 122 valence electrons. The summed E-state index contributed by atoms with van der Waals surface area (Å²) in [5.41, 5.74) is 0. The lowest BCUT2D eigenvalue weighted by atomic mass is 9.94. The zero-order valence-corrected chi connectivity index (χ0v) is 10.5. The molecule has 20 heavy (non-hydrogen) atoms. The molecule has 0 spiro atoms. The Kier molecular flexibility index (Phi) is 5.87. The Bertz CT molecular complexity index is 315. The fourth-order valence-corrected chi connectivity index (χ4v) is 1.38. The van der Waals surface area contributed by atoms with Gasteiger partial charge in [-0.2, -0.15) is 22.0 Å². The van der Waals surface area contributed by atoms with E-state index in [9.17, 15) is 26.3 Å². The predicted octanol–water partition coefficient (Wildman–Crippen LogP) is 1.46. The molecule has 10 heteroatoms. The molecule has 0 radical (unpaired) electrons. The van der Waals surface area contributed by atoms with E-state index >= 15 is 0 Å². The van der Waals surface area contributed by atoms with Crippen LogP contribution in [0.4, 0.5) is 26.3 Å². The Morgan fingerprint density at radius 3 is 1.70 bits per heavy atom. The standard InChI is InChI=1S/C10H16F6O4/c1-2-3-4-5-6(11)7(12,13)8(14,15)9(16,17)10(18,19)20/h6,17-20H,2-5H2,1H3. The molecule has 0 saturated carbocycles. The predicted molar refractivity (Wildman–Crippen MR) is 54.4 cm³/mol. The summed E-state index contributed by atoms with van der Waals surface area (Å²) in [7, 11) is 0. The smallest absolute Gasteiger partial charge is 0.351 e. The summed E-state index contributed by atoms with van der Waals surface area (Å²) in [6.07, 6.45) is -4.06. The van der Waals surface area contributed by atoms with Gasteiger partial charge in [0.05, 0.1) is 0 Å². The van der Waals surface area contributed by atoms with Crippen LogP contribution in [-0.2, 0) is 0 Å². The second-order valence-corrected chi connectivity index (χ2v) is 4.42. The Morgan fingerprint density at radius 2 is 1.35 bits per heavy atom. The third-order valence-electron chi connectivity index (χ3n) is 2.73. The molecular formula is C10H16F6O4. The molecule has 0 bridgehead atoms. The molecule has 0 aromatic carbocycles. The maximum absolute atomic E-state index is 13.2. The molecule has 0 fully saturated rings. The van der Waals surface area contributed by atoms with Crippen LogP contribution in [0.1, 0.15) is 32.6 Å². The van der Waals surface area contributed by atoms with Crippen molar-refractivity contribution in [2.75, 3.05) is 0 Å². The normalized spacial score (nSPS) is 18.8. The molecule has 0 aliphatic carbocycles. The lowest BCUT2D eigenvalue weighted by molar-refractivity contribution is -0.488. The van der Waals surface area contributed by atoms with E-state index in [1.807, 2.05) is 0 Å². The van der Waals surface area contributed by atoms with Gasteiger partial charge >= 0.3 is 23.7 Å². The zero-order valence-electron chi connectivity index (χ0n) is 10.5. The van der Waals surface area contributed by atoms with Crippen LogP contribution in [0, 0.1) is 0 Å². The van der Waals surface area contributed by atoms with Crippen molar-refractivity contribution in [1.82, 2.24) is 0 Å². The van der Waals surface area contributed by atoms with Gasteiger partial charge in [0, 0.05) is 0 Å². The van der Waals surface area contributed by atoms with E-state index in [0.717, 1.165) is 0 Å². The van der Waals surface area contributed by atoms with Crippen LogP contribution >= 0.6 is 0 Å². The topological polar surface area (TPSA) is 80.9 Å².